The Kier molecular flexibility index (Phi) is 11.2. The maximum absolute atomic E-state index is 15.5. The first kappa shape index (κ1) is 33.3. The van der Waals surface area contributed by atoms with Crippen LogP contribution in [0.1, 0.15) is 64.8 Å². The van der Waals surface area contributed by atoms with E-state index < -0.39 is 32.3 Å². The number of carbonyl (C=O) groups is 4. The summed E-state index contributed by atoms with van der Waals surface area (Å²) in [5.74, 6) is -1.77. The number of benzene rings is 1. The zero-order valence-electron chi connectivity index (χ0n) is 26.0. The summed E-state index contributed by atoms with van der Waals surface area (Å²) in [4.78, 5) is 60.3. The van der Waals surface area contributed by atoms with Gasteiger partial charge >= 0.3 is 0 Å². The van der Waals surface area contributed by atoms with E-state index in [1.54, 1.807) is 27.9 Å². The van der Waals surface area contributed by atoms with Gasteiger partial charge in [0.15, 0.2) is 0 Å². The van der Waals surface area contributed by atoms with E-state index in [2.05, 4.69) is 35.2 Å². The molecule has 1 aliphatic heterocycles. The summed E-state index contributed by atoms with van der Waals surface area (Å²) < 4.78 is 20.8. The SMILES string of the molecule is CCn1nccc1C(=O)N[Si](C(=O)Nc1ccc(C[C@@H](NC(=O)c2cnns2)C(=O)N2CCN(C)CC2)cc1F)C1CCCCC1. The Morgan fingerprint density at radius 1 is 1.07 bits per heavy atom. The van der Waals surface area contributed by atoms with Gasteiger partial charge in [-0.2, -0.15) is 5.10 Å². The van der Waals surface area contributed by atoms with Crippen molar-refractivity contribution < 1.29 is 23.6 Å². The van der Waals surface area contributed by atoms with Gasteiger partial charge in [0, 0.05) is 45.3 Å². The summed E-state index contributed by atoms with van der Waals surface area (Å²) in [6.07, 6.45) is 7.60. The van der Waals surface area contributed by atoms with Crippen LogP contribution in [-0.2, 0) is 17.8 Å². The molecule has 1 aromatic carbocycles. The number of likely N-dealkylation sites (N-methyl/N-ethyl adjacent to an activating group) is 1. The molecular weight excluding hydrogens is 630 g/mol. The Labute approximate surface area is 272 Å². The summed E-state index contributed by atoms with van der Waals surface area (Å²) in [5, 5.41) is 13.4. The van der Waals surface area contributed by atoms with Crippen LogP contribution in [0.4, 0.5) is 14.9 Å². The fourth-order valence-electron chi connectivity index (χ4n) is 5.86. The number of piperazine rings is 1. The van der Waals surface area contributed by atoms with Crippen molar-refractivity contribution in [2.45, 2.75) is 63.6 Å². The normalized spacial score (nSPS) is 16.7. The first-order chi connectivity index (χ1) is 22.2. The fourth-order valence-corrected chi connectivity index (χ4v) is 8.59. The van der Waals surface area contributed by atoms with Gasteiger partial charge in [0.25, 0.3) is 20.8 Å². The van der Waals surface area contributed by atoms with Crippen molar-refractivity contribution in [2.24, 2.45) is 0 Å². The van der Waals surface area contributed by atoms with E-state index in [4.69, 9.17) is 0 Å². The highest BCUT2D eigenvalue weighted by atomic mass is 32.1. The number of carbonyl (C=O) groups excluding carboxylic acids is 4. The van der Waals surface area contributed by atoms with Crippen LogP contribution in [0.2, 0.25) is 5.54 Å². The predicted octanol–water partition coefficient (Wildman–Crippen LogP) is 2.88. The summed E-state index contributed by atoms with van der Waals surface area (Å²) in [6, 6.07) is 5.04. The van der Waals surface area contributed by atoms with E-state index in [1.165, 1.54) is 18.3 Å². The Balaban J connectivity index is 1.30. The van der Waals surface area contributed by atoms with E-state index in [-0.39, 0.29) is 34.3 Å². The fraction of sp³-hybridized carbons (Fsp3) is 0.500. The average Bonchev–Trinajstić information content (AvgIpc) is 3.78. The highest BCUT2D eigenvalue weighted by Gasteiger charge is 2.36. The van der Waals surface area contributed by atoms with Crippen LogP contribution in [0.3, 0.4) is 0 Å². The molecule has 1 radical (unpaired) electrons. The molecule has 3 heterocycles. The first-order valence-corrected chi connectivity index (χ1v) is 17.9. The number of amides is 4. The molecule has 2 fully saturated rings. The maximum atomic E-state index is 15.5. The highest BCUT2D eigenvalue weighted by Crippen LogP contribution is 2.31. The topological polar surface area (TPSA) is 154 Å². The molecule has 3 aromatic rings. The average molecular weight is 669 g/mol. The van der Waals surface area contributed by atoms with Crippen molar-refractivity contribution in [3.8, 4) is 0 Å². The molecule has 0 unspecified atom stereocenters. The molecule has 16 heteroatoms. The second-order valence-corrected chi connectivity index (χ2v) is 14.8. The van der Waals surface area contributed by atoms with Crippen LogP contribution in [-0.4, -0.2) is 101 Å². The van der Waals surface area contributed by atoms with E-state index in [9.17, 15) is 19.2 Å². The van der Waals surface area contributed by atoms with Gasteiger partial charge in [-0.1, -0.05) is 42.7 Å². The number of halogens is 1. The molecule has 46 heavy (non-hydrogen) atoms. The molecule has 2 aromatic heterocycles. The van der Waals surface area contributed by atoms with Gasteiger partial charge in [0.2, 0.25) is 11.4 Å². The molecule has 0 bridgehead atoms. The molecule has 13 nitrogen and oxygen atoms in total. The second kappa shape index (κ2) is 15.5. The number of aryl methyl sites for hydroxylation is 1. The molecule has 1 aliphatic carbocycles. The Bertz CT molecular complexity index is 1520. The van der Waals surface area contributed by atoms with Crippen LogP contribution >= 0.6 is 11.5 Å². The summed E-state index contributed by atoms with van der Waals surface area (Å²) in [7, 11) is -0.162. The third-order valence-electron chi connectivity index (χ3n) is 8.48. The van der Waals surface area contributed by atoms with Gasteiger partial charge in [0.05, 0.1) is 11.9 Å². The molecule has 3 N–H and O–H groups in total. The minimum absolute atomic E-state index is 0.0124. The van der Waals surface area contributed by atoms with Crippen molar-refractivity contribution in [1.29, 1.82) is 0 Å². The molecule has 0 spiro atoms. The molecule has 4 amide bonds. The van der Waals surface area contributed by atoms with Crippen LogP contribution in [0.15, 0.2) is 36.7 Å². The lowest BCUT2D eigenvalue weighted by Crippen LogP contribution is -2.55. The molecule has 245 valence electrons. The van der Waals surface area contributed by atoms with E-state index >= 15 is 4.39 Å². The molecule has 1 saturated heterocycles. The molecule has 2 aliphatic rings. The Morgan fingerprint density at radius 3 is 2.50 bits per heavy atom. The van der Waals surface area contributed by atoms with Gasteiger partial charge < -0.3 is 25.4 Å². The van der Waals surface area contributed by atoms with Gasteiger partial charge in [0.1, 0.15) is 22.4 Å². The lowest BCUT2D eigenvalue weighted by Gasteiger charge is -2.34. The quantitative estimate of drug-likeness (QED) is 0.264. The van der Waals surface area contributed by atoms with Crippen molar-refractivity contribution in [2.75, 3.05) is 38.5 Å². The maximum Gasteiger partial charge on any atom is 0.284 e. The van der Waals surface area contributed by atoms with Gasteiger partial charge in [-0.25, -0.2) is 4.39 Å². The minimum atomic E-state index is -2.14. The van der Waals surface area contributed by atoms with Gasteiger partial charge in [-0.3, -0.25) is 23.9 Å². The monoisotopic (exact) mass is 668 g/mol. The predicted molar refractivity (Wildman–Crippen MR) is 172 cm³/mol. The van der Waals surface area contributed by atoms with E-state index in [0.29, 0.717) is 44.0 Å². The Hall–Kier alpha value is -4.02. The molecule has 1 saturated carbocycles. The highest BCUT2D eigenvalue weighted by molar-refractivity contribution is 7.07. The van der Waals surface area contributed by atoms with E-state index in [1.807, 2.05) is 14.0 Å². The number of anilines is 1. The summed E-state index contributed by atoms with van der Waals surface area (Å²) >= 11 is 0.921. The largest absolute Gasteiger partial charge is 0.368 e. The van der Waals surface area contributed by atoms with Crippen molar-refractivity contribution in [3.05, 3.63) is 58.6 Å². The van der Waals surface area contributed by atoms with Crippen molar-refractivity contribution in [1.82, 2.24) is 39.5 Å². The second-order valence-electron chi connectivity index (χ2n) is 11.6. The molecular formula is C30H39FN9O4SSi. The van der Waals surface area contributed by atoms with Crippen LogP contribution in [0.5, 0.6) is 0 Å². The van der Waals surface area contributed by atoms with Crippen molar-refractivity contribution >= 4 is 49.4 Å². The summed E-state index contributed by atoms with van der Waals surface area (Å²) in [6.45, 7) is 4.85. The number of aromatic nitrogens is 4. The third kappa shape index (κ3) is 8.22. The first-order valence-electron chi connectivity index (χ1n) is 15.6. The number of hydrogen-bond acceptors (Lipinski definition) is 9. The van der Waals surface area contributed by atoms with Crippen LogP contribution in [0.25, 0.3) is 0 Å². The number of hydrogen-bond donors (Lipinski definition) is 3. The van der Waals surface area contributed by atoms with E-state index in [0.717, 1.165) is 43.6 Å². The van der Waals surface area contributed by atoms with Gasteiger partial charge in [-0.15, -0.1) is 5.10 Å². The smallest absolute Gasteiger partial charge is 0.284 e. The lowest BCUT2D eigenvalue weighted by molar-refractivity contribution is -0.134. The minimum Gasteiger partial charge on any atom is -0.368 e. The summed E-state index contributed by atoms with van der Waals surface area (Å²) in [5.41, 5.74) is 0.463. The van der Waals surface area contributed by atoms with Crippen molar-refractivity contribution in [3.63, 3.8) is 0 Å². The zero-order chi connectivity index (χ0) is 32.6. The van der Waals surface area contributed by atoms with Crippen LogP contribution < -0.4 is 15.6 Å². The lowest BCUT2D eigenvalue weighted by atomic mass is 10.0. The number of nitrogens with zero attached hydrogens (tertiary/aromatic N) is 6. The Morgan fingerprint density at radius 2 is 1.83 bits per heavy atom. The third-order valence-corrected chi connectivity index (χ3v) is 11.6. The number of rotatable bonds is 11. The van der Waals surface area contributed by atoms with Crippen LogP contribution in [0, 0.1) is 5.82 Å². The number of nitrogens with one attached hydrogen (secondary N) is 3. The van der Waals surface area contributed by atoms with Gasteiger partial charge in [-0.05, 0) is 54.8 Å². The molecule has 1 atom stereocenters. The standard InChI is InChI=1S/C30H39FN9O4SSi/c1-3-40-25(11-12-33-40)27(41)36-46(21-7-5-4-6-8-21)30(44)35-23-10-9-20(17-22(23)31)18-24(34-28(42)26-19-32-37-45-26)29(43)39-15-13-38(2)14-16-39/h9-12,17,19,21,24H,3-8,13-16,18H2,1-2H3,(H,34,42)(H,35,44)(H,36,41)/t24-/m1/s1. The zero-order valence-corrected chi connectivity index (χ0v) is 27.8. The molecule has 5 rings (SSSR count).